The minimum absolute atomic E-state index is 0.168. The van der Waals surface area contributed by atoms with Gasteiger partial charge in [0, 0.05) is 188 Å². The fourth-order valence-corrected chi connectivity index (χ4v) is 30.4. The molecule has 0 radical (unpaired) electrons. The van der Waals surface area contributed by atoms with Crippen molar-refractivity contribution in [2.75, 3.05) is 65.6 Å². The number of amides is 6. The zero-order chi connectivity index (χ0) is 102. The maximum Gasteiger partial charge on any atom is 0.274 e. The third kappa shape index (κ3) is 23.6. The van der Waals surface area contributed by atoms with E-state index in [1.54, 1.807) is 69.3 Å². The number of carbonyl (C=O) groups excluding carboxylic acids is 6. The van der Waals surface area contributed by atoms with E-state index < -0.39 is 35.4 Å². The Bertz CT molecular complexity index is 5380. The molecule has 12 N–H and O–H groups in total. The molecular formula is C115H152F6N12O13. The molecular weight excluding hydrogens is 1870 g/mol. The molecule has 7 aliphatic heterocycles. The van der Waals surface area contributed by atoms with E-state index in [1.165, 1.54) is 274 Å². The quantitative estimate of drug-likeness (QED) is 0.0274. The van der Waals surface area contributed by atoms with Crippen LogP contribution in [0, 0.1) is 79.2 Å². The van der Waals surface area contributed by atoms with Crippen LogP contribution in [0.25, 0.3) is 0 Å². The number of halogens is 6. The second kappa shape index (κ2) is 45.8. The van der Waals surface area contributed by atoms with Crippen molar-refractivity contribution in [3.8, 4) is 0 Å². The van der Waals surface area contributed by atoms with Crippen LogP contribution in [-0.4, -0.2) is 186 Å². The molecule has 6 aromatic carbocycles. The number of hydrogen-bond donors (Lipinski definition) is 12. The summed E-state index contributed by atoms with van der Waals surface area (Å²) in [6, 6.07) is 19.9. The van der Waals surface area contributed by atoms with Gasteiger partial charge in [-0.15, -0.1) is 0 Å². The summed E-state index contributed by atoms with van der Waals surface area (Å²) in [6.45, 7) is 13.2. The summed E-state index contributed by atoms with van der Waals surface area (Å²) in [5.74, 6) is -4.46. The van der Waals surface area contributed by atoms with Crippen LogP contribution < -0.4 is 32.9 Å². The lowest BCUT2D eigenvalue weighted by atomic mass is 9.53. The Morgan fingerprint density at radius 1 is 0.260 bits per heavy atom. The fraction of sp³-hybridized carbons (Fsp3) is 0.635. The maximum atomic E-state index is 14.5. The lowest BCUT2D eigenvalue weighted by Crippen LogP contribution is -2.60. The molecule has 146 heavy (non-hydrogen) atoms. The molecule has 18 aliphatic rings. The molecule has 25 nitrogen and oxygen atoms in total. The van der Waals surface area contributed by atoms with E-state index in [1.807, 2.05) is 0 Å². The van der Waals surface area contributed by atoms with Gasteiger partial charge < -0.3 is 4.74 Å². The van der Waals surface area contributed by atoms with Gasteiger partial charge in [-0.25, -0.2) is 59.2 Å². The van der Waals surface area contributed by atoms with E-state index in [4.69, 9.17) is 36.0 Å². The largest absolute Gasteiger partial charge is 0.380 e. The van der Waals surface area contributed by atoms with Gasteiger partial charge in [0.2, 0.25) is 0 Å². The predicted molar refractivity (Wildman–Crippen MR) is 536 cm³/mol. The number of hydrogen-bond acceptors (Lipinski definition) is 19. The number of rotatable bonds is 14. The molecule has 11 saturated carbocycles. The normalized spacial score (nSPS) is 25.3. The number of fused-ring (bicyclic) bond motifs is 6. The first-order valence-corrected chi connectivity index (χ1v) is 55.1. The van der Waals surface area contributed by atoms with Crippen LogP contribution in [-0.2, 0) is 82.5 Å². The molecule has 31 heteroatoms. The van der Waals surface area contributed by atoms with Crippen LogP contribution >= 0.6 is 0 Å². The fourth-order valence-electron chi connectivity index (χ4n) is 30.4. The Kier molecular flexibility index (Phi) is 33.1. The molecule has 6 spiro atoms. The molecule has 7 heterocycles. The Hall–Kier alpha value is -8.80. The lowest BCUT2D eigenvalue weighted by Gasteiger charge is -2.57. The van der Waals surface area contributed by atoms with Crippen LogP contribution in [0.15, 0.2) is 72.8 Å². The van der Waals surface area contributed by atoms with Crippen molar-refractivity contribution >= 4 is 35.4 Å². The van der Waals surface area contributed by atoms with E-state index in [9.17, 15) is 55.1 Å². The summed E-state index contributed by atoms with van der Waals surface area (Å²) in [6.07, 6.45) is 57.2. The van der Waals surface area contributed by atoms with Gasteiger partial charge in [0.25, 0.3) is 35.4 Å². The van der Waals surface area contributed by atoms with Gasteiger partial charge in [-0.3, -0.25) is 89.4 Å². The van der Waals surface area contributed by atoms with Crippen molar-refractivity contribution in [3.05, 3.63) is 208 Å². The second-order valence-electron chi connectivity index (χ2n) is 47.8. The average molecular weight is 2020 g/mol. The highest BCUT2D eigenvalue weighted by molar-refractivity contribution is 5.96. The summed E-state index contributed by atoms with van der Waals surface area (Å²) >= 11 is 0. The van der Waals surface area contributed by atoms with Crippen molar-refractivity contribution in [3.63, 3.8) is 0 Å². The number of nitrogens with one attached hydrogen (secondary N) is 6. The Morgan fingerprint density at radius 3 is 0.733 bits per heavy atom. The first kappa shape index (κ1) is 106. The topological polar surface area (TPSA) is 325 Å². The smallest absolute Gasteiger partial charge is 0.274 e. The molecule has 4 atom stereocenters. The van der Waals surface area contributed by atoms with Gasteiger partial charge in [0.05, 0.1) is 13.2 Å². The summed E-state index contributed by atoms with van der Waals surface area (Å²) < 4.78 is 92.1. The van der Waals surface area contributed by atoms with Crippen LogP contribution in [0.3, 0.4) is 0 Å². The van der Waals surface area contributed by atoms with Gasteiger partial charge in [-0.1, -0.05) is 83.5 Å². The number of nitrogens with zero attached hydrogens (tertiary/aromatic N) is 6. The molecule has 1 saturated heterocycles. The van der Waals surface area contributed by atoms with Gasteiger partial charge >= 0.3 is 0 Å². The van der Waals surface area contributed by atoms with E-state index in [0.29, 0.717) is 101 Å². The molecule has 792 valence electrons. The van der Waals surface area contributed by atoms with E-state index in [-0.39, 0.29) is 68.3 Å². The lowest BCUT2D eigenvalue weighted by molar-refractivity contribution is -0.185. The van der Waals surface area contributed by atoms with E-state index in [2.05, 4.69) is 29.4 Å². The Labute approximate surface area is 854 Å². The number of carbonyl (C=O) groups is 6. The van der Waals surface area contributed by atoms with Gasteiger partial charge in [-0.2, -0.15) is 0 Å². The zero-order valence-corrected chi connectivity index (χ0v) is 85.0. The van der Waals surface area contributed by atoms with Crippen molar-refractivity contribution in [2.45, 2.75) is 352 Å². The molecule has 0 aromatic heterocycles. The van der Waals surface area contributed by atoms with Crippen LogP contribution in [0.4, 0.5) is 26.3 Å². The van der Waals surface area contributed by atoms with Crippen molar-refractivity contribution in [1.82, 2.24) is 62.3 Å². The van der Waals surface area contributed by atoms with Crippen molar-refractivity contribution in [2.24, 2.45) is 44.3 Å². The Morgan fingerprint density at radius 2 is 0.486 bits per heavy atom. The van der Waals surface area contributed by atoms with E-state index >= 15 is 0 Å². The third-order valence-corrected chi connectivity index (χ3v) is 38.8. The minimum Gasteiger partial charge on any atom is -0.380 e. The Balaban J connectivity index is 0.000000111. The van der Waals surface area contributed by atoms with Crippen LogP contribution in [0.5, 0.6) is 0 Å². The SMILES string of the molecule is O=C(NO)c1cc(F)c2c(c1)CCN(C1CC3(CCC3)C1)C2.O=C(NO)c1cc(F)c2c(c1)CCN(C1CC3(COC3)C1)C2.O=C(NO)c1cc(F)c2c(c1)CCN(C[C@@H]1CCC3(CCCCC3)C1)C2.O=C(NO)c1cc(F)c2c(c1)CCN(C[C@H]1CCC3(CCCCC3)C1)C2.O=C(NO)c1cc(F)c2c(c1)CCN([C@@H]1CCC3(CCCCC3)C1)C2.O=C(NO)c1cc(F)c2c(c1)CCN([C@H]1CCC3(CCCCC3)C1)C2. The molecule has 24 rings (SSSR count). The maximum absolute atomic E-state index is 14.5. The molecule has 6 amide bonds. The first-order chi connectivity index (χ1) is 70.6. The average Bonchev–Trinajstić information content (AvgIpc) is 0.786. The second-order valence-corrected chi connectivity index (χ2v) is 47.8. The van der Waals surface area contributed by atoms with Crippen LogP contribution in [0.2, 0.25) is 0 Å². The first-order valence-electron chi connectivity index (χ1n) is 55.1. The highest BCUT2D eigenvalue weighted by Gasteiger charge is 2.54. The van der Waals surface area contributed by atoms with Gasteiger partial charge in [0.15, 0.2) is 0 Å². The molecule has 11 aliphatic carbocycles. The third-order valence-electron chi connectivity index (χ3n) is 38.8. The summed E-state index contributed by atoms with van der Waals surface area (Å²) in [5, 5.41) is 52.4. The predicted octanol–water partition coefficient (Wildman–Crippen LogP) is 19.8. The standard InChI is InChI=1S/2C21H29FN2O2.2C20H27FN2O2.C17H21FN2O2.C16H19FN2O3/c2*22-19-11-17(20(25)23-26)10-16-5-9-24(14-18(16)19)13-15-4-8-21(12-15)6-2-1-3-7-21;2*21-18-11-15(19(24)22-25)10-14-5-9-23(13-17(14)18)16-4-8-20(12-16)6-2-1-3-7-20;18-15-7-12(16(21)19-22)6-11-2-5-20(10-14(11)15)13-8-17(9-13)3-1-4-17;17-14-4-11(15(20)18-21)3-10-1-2-19(7-13(10)14)12-5-16(6-12)8-22-9-16/h2*10-11,15,26H,1-9,12-14H2,(H,23,25);2*10-11,16,25H,1-9,12-13H2,(H,22,24);6-7,13,22H,1-5,8-10H2,(H,19,21);3-4,12,21H,1-2,5-9H2,(H,18,20)/t2*15-;2*16-;;/m1010../s1. The van der Waals surface area contributed by atoms with E-state index in [0.717, 1.165) is 190 Å². The summed E-state index contributed by atoms with van der Waals surface area (Å²) in [4.78, 5) is 83.6. The molecule has 0 unspecified atom stereocenters. The van der Waals surface area contributed by atoms with Gasteiger partial charge in [0.1, 0.15) is 34.9 Å². The number of ether oxygens (including phenoxy) is 1. The van der Waals surface area contributed by atoms with Gasteiger partial charge in [-0.05, 0) is 351 Å². The molecule has 0 bridgehead atoms. The minimum atomic E-state index is -0.671. The molecule has 12 fully saturated rings. The number of benzene rings is 6. The monoisotopic (exact) mass is 2020 g/mol. The highest BCUT2D eigenvalue weighted by Crippen LogP contribution is 2.60. The molecule has 6 aromatic rings. The van der Waals surface area contributed by atoms with Crippen LogP contribution in [0.1, 0.15) is 379 Å². The summed E-state index contributed by atoms with van der Waals surface area (Å²) in [7, 11) is 0. The zero-order valence-electron chi connectivity index (χ0n) is 85.0. The summed E-state index contributed by atoms with van der Waals surface area (Å²) in [5.41, 5.74) is 23.6. The van der Waals surface area contributed by atoms with Crippen molar-refractivity contribution < 1.29 is 91.1 Å². The highest BCUT2D eigenvalue weighted by atomic mass is 19.1. The van der Waals surface area contributed by atoms with Crippen molar-refractivity contribution in [1.29, 1.82) is 0 Å². The number of hydroxylamine groups is 6.